The molecule has 0 saturated carbocycles. The van der Waals surface area contributed by atoms with Crippen molar-refractivity contribution in [1.82, 2.24) is 9.97 Å². The van der Waals surface area contributed by atoms with Crippen molar-refractivity contribution in [2.75, 3.05) is 7.05 Å². The number of hydrogen-bond donors (Lipinski definition) is 1. The molecule has 2 heterocycles. The van der Waals surface area contributed by atoms with E-state index >= 15 is 0 Å². The summed E-state index contributed by atoms with van der Waals surface area (Å²) in [4.78, 5) is 10.4. The van der Waals surface area contributed by atoms with Crippen LogP contribution in [-0.2, 0) is 13.1 Å². The van der Waals surface area contributed by atoms with Gasteiger partial charge in [-0.25, -0.2) is 9.97 Å². The van der Waals surface area contributed by atoms with Crippen molar-refractivity contribution in [3.8, 4) is 11.3 Å². The average Bonchev–Trinajstić information content (AvgIpc) is 3.21. The van der Waals surface area contributed by atoms with Crippen LogP contribution in [0.15, 0.2) is 59.1 Å². The van der Waals surface area contributed by atoms with Crippen molar-refractivity contribution < 1.29 is 9.32 Å². The molecule has 0 saturated heterocycles. The number of fused-ring (bicyclic) bond motifs is 1. The first-order chi connectivity index (χ1) is 12.2. The summed E-state index contributed by atoms with van der Waals surface area (Å²) >= 11 is 7.67. The molecule has 1 atom stereocenters. The van der Waals surface area contributed by atoms with Gasteiger partial charge in [-0.05, 0) is 36.4 Å². The van der Waals surface area contributed by atoms with Crippen LogP contribution in [0.5, 0.6) is 0 Å². The molecular formula is C19H17ClN3OS+. The Balaban J connectivity index is 1.44. The summed E-state index contributed by atoms with van der Waals surface area (Å²) in [6, 6.07) is 15.8. The Bertz CT molecular complexity index is 960. The molecule has 4 nitrogen and oxygen atoms in total. The largest absolute Gasteiger partial charge is 0.435 e. The molecule has 0 radical (unpaired) electrons. The molecule has 0 aliphatic carbocycles. The number of quaternary nitrogens is 1. The average molecular weight is 371 g/mol. The van der Waals surface area contributed by atoms with Gasteiger partial charge in [-0.3, -0.25) is 0 Å². The third kappa shape index (κ3) is 3.74. The van der Waals surface area contributed by atoms with E-state index in [9.17, 15) is 0 Å². The van der Waals surface area contributed by atoms with E-state index in [-0.39, 0.29) is 0 Å². The minimum Gasteiger partial charge on any atom is -0.435 e. The number of para-hydroxylation sites is 1. The third-order valence-electron chi connectivity index (χ3n) is 3.93. The summed E-state index contributed by atoms with van der Waals surface area (Å²) in [6.07, 6.45) is 1.77. The highest BCUT2D eigenvalue weighted by atomic mass is 35.5. The zero-order valence-corrected chi connectivity index (χ0v) is 15.3. The Morgan fingerprint density at radius 1 is 1.08 bits per heavy atom. The minimum absolute atomic E-state index is 0.712. The number of rotatable bonds is 5. The number of halogens is 1. The number of nitrogens with zero attached hydrogens (tertiary/aromatic N) is 2. The van der Waals surface area contributed by atoms with Crippen LogP contribution >= 0.6 is 22.9 Å². The minimum atomic E-state index is 0.712. The molecule has 0 aliphatic rings. The first-order valence-corrected chi connectivity index (χ1v) is 9.23. The van der Waals surface area contributed by atoms with Crippen LogP contribution in [0, 0.1) is 0 Å². The van der Waals surface area contributed by atoms with Crippen LogP contribution in [0.25, 0.3) is 21.5 Å². The summed E-state index contributed by atoms with van der Waals surface area (Å²) in [5.41, 5.74) is 2.04. The molecular weight excluding hydrogens is 354 g/mol. The third-order valence-corrected chi connectivity index (χ3v) is 5.21. The van der Waals surface area contributed by atoms with Gasteiger partial charge >= 0.3 is 0 Å². The lowest BCUT2D eigenvalue weighted by molar-refractivity contribution is -0.909. The summed E-state index contributed by atoms with van der Waals surface area (Å²) in [7, 11) is 2.12. The highest BCUT2D eigenvalue weighted by Crippen LogP contribution is 2.22. The Labute approximate surface area is 154 Å². The quantitative estimate of drug-likeness (QED) is 0.580. The molecule has 0 amide bonds. The van der Waals surface area contributed by atoms with Gasteiger partial charge in [-0.15, -0.1) is 11.3 Å². The summed E-state index contributed by atoms with van der Waals surface area (Å²) in [5, 5.41) is 1.84. The number of thiazole rings is 1. The highest BCUT2D eigenvalue weighted by molar-refractivity contribution is 7.18. The molecule has 0 spiro atoms. The Morgan fingerprint density at radius 2 is 1.88 bits per heavy atom. The van der Waals surface area contributed by atoms with Crippen LogP contribution in [0.3, 0.4) is 0 Å². The van der Waals surface area contributed by atoms with Gasteiger partial charge in [0, 0.05) is 10.6 Å². The molecule has 1 N–H and O–H groups in total. The fraction of sp³-hybridized carbons (Fsp3) is 0.158. The van der Waals surface area contributed by atoms with Gasteiger partial charge in [0.1, 0.15) is 11.6 Å². The molecule has 0 aliphatic heterocycles. The topological polar surface area (TPSA) is 43.4 Å². The van der Waals surface area contributed by atoms with Crippen molar-refractivity contribution in [1.29, 1.82) is 0 Å². The molecule has 0 bridgehead atoms. The van der Waals surface area contributed by atoms with Crippen molar-refractivity contribution in [3.05, 3.63) is 70.6 Å². The van der Waals surface area contributed by atoms with E-state index in [0.29, 0.717) is 11.6 Å². The van der Waals surface area contributed by atoms with Crippen LogP contribution < -0.4 is 4.90 Å². The Morgan fingerprint density at radius 3 is 2.68 bits per heavy atom. The Kier molecular flexibility index (Phi) is 4.53. The van der Waals surface area contributed by atoms with Crippen molar-refractivity contribution >= 4 is 33.2 Å². The molecule has 1 unspecified atom stereocenters. The lowest BCUT2D eigenvalue weighted by Crippen LogP contribution is -3.06. The molecule has 0 fully saturated rings. The SMILES string of the molecule is C[NH+](Cc1ncc(-c2ccc(Cl)cc2)o1)Cc1nc2ccccc2s1. The van der Waals surface area contributed by atoms with Crippen molar-refractivity contribution in [2.24, 2.45) is 0 Å². The van der Waals surface area contributed by atoms with Crippen molar-refractivity contribution in [2.45, 2.75) is 13.1 Å². The maximum atomic E-state index is 5.92. The van der Waals surface area contributed by atoms with Gasteiger partial charge < -0.3 is 9.32 Å². The van der Waals surface area contributed by atoms with E-state index in [1.165, 1.54) is 9.60 Å². The molecule has 6 heteroatoms. The maximum absolute atomic E-state index is 5.92. The molecule has 2 aromatic carbocycles. The molecule has 2 aromatic heterocycles. The molecule has 25 heavy (non-hydrogen) atoms. The van der Waals surface area contributed by atoms with Gasteiger partial charge in [-0.2, -0.15) is 0 Å². The second kappa shape index (κ2) is 6.96. The van der Waals surface area contributed by atoms with Gasteiger partial charge in [0.2, 0.25) is 0 Å². The van der Waals surface area contributed by atoms with E-state index in [1.54, 1.807) is 17.5 Å². The highest BCUT2D eigenvalue weighted by Gasteiger charge is 2.14. The van der Waals surface area contributed by atoms with E-state index < -0.39 is 0 Å². The second-order valence-corrected chi connectivity index (χ2v) is 7.56. The van der Waals surface area contributed by atoms with E-state index in [2.05, 4.69) is 29.1 Å². The van der Waals surface area contributed by atoms with E-state index in [4.69, 9.17) is 16.0 Å². The normalized spacial score (nSPS) is 12.6. The zero-order chi connectivity index (χ0) is 17.2. The lowest BCUT2D eigenvalue weighted by Gasteiger charge is -2.09. The Hall–Kier alpha value is -2.21. The monoisotopic (exact) mass is 370 g/mol. The lowest BCUT2D eigenvalue weighted by atomic mass is 10.2. The van der Waals surface area contributed by atoms with E-state index in [0.717, 1.165) is 34.3 Å². The summed E-state index contributed by atoms with van der Waals surface area (Å²) in [5.74, 6) is 1.49. The van der Waals surface area contributed by atoms with Crippen LogP contribution in [0.4, 0.5) is 0 Å². The molecule has 126 valence electrons. The van der Waals surface area contributed by atoms with E-state index in [1.807, 2.05) is 36.4 Å². The fourth-order valence-electron chi connectivity index (χ4n) is 2.71. The maximum Gasteiger partial charge on any atom is 0.250 e. The number of hydrogen-bond acceptors (Lipinski definition) is 4. The van der Waals surface area contributed by atoms with Crippen LogP contribution in [0.2, 0.25) is 5.02 Å². The van der Waals surface area contributed by atoms with Gasteiger partial charge in [0.25, 0.3) is 5.89 Å². The predicted octanol–water partition coefficient (Wildman–Crippen LogP) is 3.82. The zero-order valence-electron chi connectivity index (χ0n) is 13.7. The first-order valence-electron chi connectivity index (χ1n) is 8.04. The smallest absolute Gasteiger partial charge is 0.250 e. The number of oxazole rings is 1. The van der Waals surface area contributed by atoms with Gasteiger partial charge in [0.05, 0.1) is 23.5 Å². The van der Waals surface area contributed by atoms with Gasteiger partial charge in [-0.1, -0.05) is 23.7 Å². The number of nitrogens with one attached hydrogen (secondary N) is 1. The van der Waals surface area contributed by atoms with Crippen molar-refractivity contribution in [3.63, 3.8) is 0 Å². The van der Waals surface area contributed by atoms with Gasteiger partial charge in [0.15, 0.2) is 12.3 Å². The van der Waals surface area contributed by atoms with Crippen LogP contribution in [0.1, 0.15) is 10.9 Å². The standard InChI is InChI=1S/C19H16ClN3OS/c1-23(12-19-22-15-4-2-3-5-17(15)25-19)11-18-21-10-16(24-18)13-6-8-14(20)9-7-13/h2-10H,11-12H2,1H3/p+1. The summed E-state index contributed by atoms with van der Waals surface area (Å²) in [6.45, 7) is 1.56. The fourth-order valence-corrected chi connectivity index (χ4v) is 3.92. The number of aromatic nitrogens is 2. The predicted molar refractivity (Wildman–Crippen MR) is 101 cm³/mol. The second-order valence-electron chi connectivity index (χ2n) is 6.01. The molecule has 4 rings (SSSR count). The summed E-state index contributed by atoms with van der Waals surface area (Å²) < 4.78 is 7.11. The number of benzene rings is 2. The first kappa shape index (κ1) is 16.3. The molecule has 4 aromatic rings. The van der Waals surface area contributed by atoms with Crippen LogP contribution in [-0.4, -0.2) is 17.0 Å².